The first-order valence-corrected chi connectivity index (χ1v) is 13.9. The van der Waals surface area contributed by atoms with E-state index in [-0.39, 0.29) is 17.5 Å². The highest BCUT2D eigenvalue weighted by Gasteiger charge is 2.40. The summed E-state index contributed by atoms with van der Waals surface area (Å²) in [6.45, 7) is 7.39. The molecule has 2 aromatic heterocycles. The van der Waals surface area contributed by atoms with Crippen molar-refractivity contribution in [3.63, 3.8) is 0 Å². The van der Waals surface area contributed by atoms with Crippen LogP contribution in [0.1, 0.15) is 76.7 Å². The first kappa shape index (κ1) is 27.3. The monoisotopic (exact) mass is 534 g/mol. The van der Waals surface area contributed by atoms with Gasteiger partial charge in [-0.25, -0.2) is 14.6 Å². The quantitative estimate of drug-likeness (QED) is 0.229. The summed E-state index contributed by atoms with van der Waals surface area (Å²) in [5.41, 5.74) is 2.24. The van der Waals surface area contributed by atoms with Crippen molar-refractivity contribution in [2.45, 2.75) is 66.0 Å². The molecule has 0 atom stereocenters. The van der Waals surface area contributed by atoms with E-state index in [1.54, 1.807) is 52.8 Å². The Morgan fingerprint density at radius 2 is 1.74 bits per heavy atom. The van der Waals surface area contributed by atoms with Crippen LogP contribution < -0.4 is 0 Å². The second-order valence-electron chi connectivity index (χ2n) is 9.51. The minimum atomic E-state index is -0.966. The molecular weight excluding hydrogens is 500 g/mol. The van der Waals surface area contributed by atoms with E-state index in [1.807, 2.05) is 26.0 Å². The Hall–Kier alpha value is -3.72. The van der Waals surface area contributed by atoms with E-state index in [1.165, 1.54) is 4.90 Å². The molecule has 1 aromatic carbocycles. The van der Waals surface area contributed by atoms with Crippen molar-refractivity contribution in [2.24, 2.45) is 0 Å². The number of carbonyl (C=O) groups excluding carboxylic acids is 2. The summed E-state index contributed by atoms with van der Waals surface area (Å²) in [6.07, 6.45) is 7.93. The number of imidazole rings is 1. The molecule has 4 rings (SSSR count). The molecule has 1 saturated heterocycles. The van der Waals surface area contributed by atoms with Crippen LogP contribution in [0.15, 0.2) is 48.3 Å². The number of hydrogen-bond acceptors (Lipinski definition) is 5. The molecule has 3 heterocycles. The highest BCUT2D eigenvalue weighted by molar-refractivity contribution is 7.11. The number of nitrogens with zero attached hydrogens (tertiary/aromatic N) is 4. The number of carbonyl (C=O) groups is 3. The molecule has 0 unspecified atom stereocenters. The fourth-order valence-corrected chi connectivity index (χ4v) is 5.34. The molecule has 0 radical (unpaired) electrons. The van der Waals surface area contributed by atoms with Crippen LogP contribution in [-0.4, -0.2) is 48.9 Å². The van der Waals surface area contributed by atoms with Crippen molar-refractivity contribution in [1.82, 2.24) is 19.4 Å². The smallest absolute Gasteiger partial charge is 0.335 e. The van der Waals surface area contributed by atoms with Gasteiger partial charge in [0.1, 0.15) is 11.5 Å². The topological polar surface area (TPSA) is 95.7 Å². The summed E-state index contributed by atoms with van der Waals surface area (Å²) in [4.78, 5) is 47.9. The molecule has 0 spiro atoms. The Morgan fingerprint density at radius 1 is 1.00 bits per heavy atom. The zero-order chi connectivity index (χ0) is 27.2. The van der Waals surface area contributed by atoms with E-state index in [4.69, 9.17) is 0 Å². The first-order valence-electron chi connectivity index (χ1n) is 13.1. The van der Waals surface area contributed by atoms with Gasteiger partial charge in [0, 0.05) is 29.3 Å². The SMILES string of the molecule is CCCCc1ncc(/C=C2\C(=O)N(CCCC)C(=O)N2Cc2ccc(C)s2)n1Cc1ccc(C(=O)O)cc1. The van der Waals surface area contributed by atoms with Crippen molar-refractivity contribution < 1.29 is 19.5 Å². The first-order chi connectivity index (χ1) is 18.3. The molecule has 0 saturated carbocycles. The number of amides is 3. The number of hydrogen-bond donors (Lipinski definition) is 1. The van der Waals surface area contributed by atoms with Crippen molar-refractivity contribution >= 4 is 35.3 Å². The number of rotatable bonds is 12. The zero-order valence-electron chi connectivity index (χ0n) is 22.1. The van der Waals surface area contributed by atoms with Crippen molar-refractivity contribution in [3.8, 4) is 0 Å². The lowest BCUT2D eigenvalue weighted by molar-refractivity contribution is -0.123. The lowest BCUT2D eigenvalue weighted by Gasteiger charge is -2.17. The molecule has 1 fully saturated rings. The number of imide groups is 1. The standard InChI is InChI=1S/C29H34N4O4S/c1-4-6-8-26-30-17-23(32(26)18-21-10-12-22(13-11-21)28(35)36)16-25-27(34)31(15-7-5-2)29(37)33(25)19-24-14-9-20(3)38-24/h9-14,16-17H,4-8,15,18-19H2,1-3H3,(H,35,36)/b25-16+. The third-order valence-corrected chi connectivity index (χ3v) is 7.60. The fourth-order valence-electron chi connectivity index (χ4n) is 4.46. The summed E-state index contributed by atoms with van der Waals surface area (Å²) in [5.74, 6) is -0.363. The summed E-state index contributed by atoms with van der Waals surface area (Å²) in [7, 11) is 0. The predicted octanol–water partition coefficient (Wildman–Crippen LogP) is 5.95. The minimum Gasteiger partial charge on any atom is -0.478 e. The van der Waals surface area contributed by atoms with Crippen LogP contribution in [-0.2, 0) is 24.3 Å². The average Bonchev–Trinajstić information content (AvgIpc) is 3.55. The number of benzene rings is 1. The van der Waals surface area contributed by atoms with Crippen molar-refractivity contribution in [1.29, 1.82) is 0 Å². The Kier molecular flexibility index (Phi) is 8.78. The maximum absolute atomic E-state index is 13.5. The van der Waals surface area contributed by atoms with Gasteiger partial charge >= 0.3 is 12.0 Å². The minimum absolute atomic E-state index is 0.231. The van der Waals surface area contributed by atoms with Gasteiger partial charge in [-0.05, 0) is 55.7 Å². The molecule has 8 nitrogen and oxygen atoms in total. The molecular formula is C29H34N4O4S. The number of aromatic carboxylic acids is 1. The summed E-state index contributed by atoms with van der Waals surface area (Å²) in [5, 5.41) is 9.24. The van der Waals surface area contributed by atoms with E-state index in [2.05, 4.69) is 16.5 Å². The average molecular weight is 535 g/mol. The second kappa shape index (κ2) is 12.2. The number of urea groups is 1. The van der Waals surface area contributed by atoms with Crippen LogP contribution in [0.25, 0.3) is 6.08 Å². The van der Waals surface area contributed by atoms with Crippen LogP contribution in [0, 0.1) is 6.92 Å². The molecule has 9 heteroatoms. The maximum Gasteiger partial charge on any atom is 0.335 e. The molecule has 1 aliphatic rings. The van der Waals surface area contributed by atoms with Gasteiger partial charge in [-0.2, -0.15) is 0 Å². The third-order valence-electron chi connectivity index (χ3n) is 6.61. The molecule has 1 aliphatic heterocycles. The Bertz CT molecular complexity index is 1340. The summed E-state index contributed by atoms with van der Waals surface area (Å²) >= 11 is 1.62. The highest BCUT2D eigenvalue weighted by Crippen LogP contribution is 2.29. The number of unbranched alkanes of at least 4 members (excludes halogenated alkanes) is 2. The van der Waals surface area contributed by atoms with Crippen LogP contribution in [0.5, 0.6) is 0 Å². The van der Waals surface area contributed by atoms with E-state index in [9.17, 15) is 19.5 Å². The lowest BCUT2D eigenvalue weighted by Crippen LogP contribution is -2.33. The van der Waals surface area contributed by atoms with E-state index < -0.39 is 5.97 Å². The Labute approximate surface area is 227 Å². The largest absolute Gasteiger partial charge is 0.478 e. The predicted molar refractivity (Wildman–Crippen MR) is 148 cm³/mol. The van der Waals surface area contributed by atoms with E-state index in [0.717, 1.165) is 58.9 Å². The molecule has 0 bridgehead atoms. The van der Waals surface area contributed by atoms with Crippen LogP contribution >= 0.6 is 11.3 Å². The zero-order valence-corrected chi connectivity index (χ0v) is 23.0. The number of aryl methyl sites for hydroxylation is 2. The number of thiophene rings is 1. The van der Waals surface area contributed by atoms with Gasteiger partial charge in [0.05, 0.1) is 24.0 Å². The Morgan fingerprint density at radius 3 is 2.37 bits per heavy atom. The van der Waals surface area contributed by atoms with Gasteiger partial charge in [-0.1, -0.05) is 38.8 Å². The normalized spacial score (nSPS) is 14.8. The van der Waals surface area contributed by atoms with Crippen LogP contribution in [0.4, 0.5) is 4.79 Å². The van der Waals surface area contributed by atoms with Gasteiger partial charge in [-0.3, -0.25) is 14.6 Å². The van der Waals surface area contributed by atoms with Gasteiger partial charge in [0.2, 0.25) is 0 Å². The molecule has 3 amide bonds. The molecule has 0 aliphatic carbocycles. The second-order valence-corrected chi connectivity index (χ2v) is 10.9. The van der Waals surface area contributed by atoms with Crippen LogP contribution in [0.3, 0.4) is 0 Å². The highest BCUT2D eigenvalue weighted by atomic mass is 32.1. The molecule has 3 aromatic rings. The summed E-state index contributed by atoms with van der Waals surface area (Å²) in [6, 6.07) is 10.5. The molecule has 38 heavy (non-hydrogen) atoms. The third kappa shape index (κ3) is 6.05. The van der Waals surface area contributed by atoms with Crippen molar-refractivity contribution in [3.05, 3.63) is 80.7 Å². The summed E-state index contributed by atoms with van der Waals surface area (Å²) < 4.78 is 2.05. The maximum atomic E-state index is 13.5. The van der Waals surface area contributed by atoms with Crippen molar-refractivity contribution in [2.75, 3.05) is 6.54 Å². The Balaban J connectivity index is 1.72. The number of carboxylic acids is 1. The van der Waals surface area contributed by atoms with E-state index >= 15 is 0 Å². The fraction of sp³-hybridized carbons (Fsp3) is 0.379. The number of aromatic nitrogens is 2. The van der Waals surface area contributed by atoms with Gasteiger partial charge in [-0.15, -0.1) is 11.3 Å². The molecule has 200 valence electrons. The van der Waals surface area contributed by atoms with Gasteiger partial charge < -0.3 is 9.67 Å². The van der Waals surface area contributed by atoms with Crippen LogP contribution in [0.2, 0.25) is 0 Å². The van der Waals surface area contributed by atoms with E-state index in [0.29, 0.717) is 25.3 Å². The lowest BCUT2D eigenvalue weighted by atomic mass is 10.1. The van der Waals surface area contributed by atoms with Gasteiger partial charge in [0.15, 0.2) is 0 Å². The van der Waals surface area contributed by atoms with Gasteiger partial charge in [0.25, 0.3) is 5.91 Å². The molecule has 1 N–H and O–H groups in total. The number of carboxylic acid groups (broad SMARTS) is 1.